The van der Waals surface area contributed by atoms with Crippen LogP contribution < -0.4 is 0 Å². The van der Waals surface area contributed by atoms with Crippen molar-refractivity contribution in [3.8, 4) is 0 Å². The maximum atomic E-state index is 8.92. The molecule has 2 heteroatoms. The number of thiol groups is 1. The van der Waals surface area contributed by atoms with Crippen LogP contribution in [0, 0.1) is 5.92 Å². The van der Waals surface area contributed by atoms with E-state index in [1.54, 1.807) is 6.08 Å². The summed E-state index contributed by atoms with van der Waals surface area (Å²) in [5.41, 5.74) is 0.905. The van der Waals surface area contributed by atoms with Crippen molar-refractivity contribution in [1.29, 1.82) is 0 Å². The molecule has 0 heterocycles. The van der Waals surface area contributed by atoms with Gasteiger partial charge in [0.1, 0.15) is 5.44 Å². The molecule has 0 spiro atoms. The lowest BCUT2D eigenvalue weighted by Gasteiger charge is -2.19. The molecule has 0 aromatic heterocycles. The predicted octanol–water partition coefficient (Wildman–Crippen LogP) is 4.34. The van der Waals surface area contributed by atoms with E-state index in [0.717, 1.165) is 12.3 Å². The Bertz CT molecular complexity index is 219. The fourth-order valence-electron chi connectivity index (χ4n) is 1.84. The smallest absolute Gasteiger partial charge is 0.115 e. The van der Waals surface area contributed by atoms with Gasteiger partial charge >= 0.3 is 0 Å². The van der Waals surface area contributed by atoms with Crippen LogP contribution in [0.4, 0.5) is 0 Å². The number of hydrogen-bond acceptors (Lipinski definition) is 2. The predicted molar refractivity (Wildman–Crippen MR) is 75.8 cm³/mol. The van der Waals surface area contributed by atoms with Crippen LogP contribution >= 0.6 is 12.6 Å². The van der Waals surface area contributed by atoms with Gasteiger partial charge in [-0.05, 0) is 37.7 Å². The topological polar surface area (TPSA) is 20.2 Å². The van der Waals surface area contributed by atoms with E-state index in [0.29, 0.717) is 0 Å². The van der Waals surface area contributed by atoms with E-state index < -0.39 is 5.44 Å². The largest absolute Gasteiger partial charge is 0.379 e. The highest BCUT2D eigenvalue weighted by molar-refractivity contribution is 7.80. The van der Waals surface area contributed by atoms with Crippen molar-refractivity contribution in [2.45, 2.75) is 58.3 Å². The lowest BCUT2D eigenvalue weighted by molar-refractivity contribution is 0.311. The van der Waals surface area contributed by atoms with Gasteiger partial charge in [-0.1, -0.05) is 44.9 Å². The van der Waals surface area contributed by atoms with E-state index in [2.05, 4.69) is 25.6 Å². The van der Waals surface area contributed by atoms with Gasteiger partial charge in [-0.25, -0.2) is 0 Å². The summed E-state index contributed by atoms with van der Waals surface area (Å²) >= 11 is 3.87. The van der Waals surface area contributed by atoms with Crippen LogP contribution in [0.3, 0.4) is 0 Å². The molecule has 0 saturated carbocycles. The van der Waals surface area contributed by atoms with Crippen LogP contribution in [0.5, 0.6) is 0 Å². The molecule has 16 heavy (non-hydrogen) atoms. The van der Waals surface area contributed by atoms with Crippen molar-refractivity contribution in [1.82, 2.24) is 0 Å². The van der Waals surface area contributed by atoms with Gasteiger partial charge in [0.2, 0.25) is 0 Å². The van der Waals surface area contributed by atoms with Gasteiger partial charge in [-0.3, -0.25) is 0 Å². The Morgan fingerprint density at radius 3 is 2.69 bits per heavy atom. The highest BCUT2D eigenvalue weighted by Crippen LogP contribution is 2.27. The summed E-state index contributed by atoms with van der Waals surface area (Å²) in [6, 6.07) is 0. The number of hydrogen-bond donors (Lipinski definition) is 2. The normalized spacial score (nSPS) is 22.3. The zero-order chi connectivity index (χ0) is 12.4. The first-order chi connectivity index (χ1) is 7.72. The standard InChI is InChI=1S/C12H20OS.C2H6/c1-2-10-6-8-11(9-7-10)4-3-5-12(13)14;1-2/h3,5,8,10,12-14H,2,4,6-7,9H2,1H3;1-2H3/b5-3+;. The third kappa shape index (κ3) is 7.13. The Hall–Kier alpha value is -0.210. The second-order valence-corrected chi connectivity index (χ2v) is 4.49. The van der Waals surface area contributed by atoms with E-state index in [1.807, 2.05) is 19.9 Å². The van der Waals surface area contributed by atoms with Gasteiger partial charge in [0, 0.05) is 0 Å². The zero-order valence-electron chi connectivity index (χ0n) is 10.8. The molecular formula is C14H26OS. The van der Waals surface area contributed by atoms with Crippen molar-refractivity contribution in [3.63, 3.8) is 0 Å². The highest BCUT2D eigenvalue weighted by Gasteiger charge is 2.11. The first kappa shape index (κ1) is 15.8. The maximum Gasteiger partial charge on any atom is 0.115 e. The lowest BCUT2D eigenvalue weighted by Crippen LogP contribution is -2.04. The average Bonchev–Trinajstić information content (AvgIpc) is 2.32. The van der Waals surface area contributed by atoms with Crippen LogP contribution in [0.15, 0.2) is 23.8 Å². The highest BCUT2D eigenvalue weighted by atomic mass is 32.1. The molecule has 0 aliphatic heterocycles. The first-order valence-electron chi connectivity index (χ1n) is 6.43. The van der Waals surface area contributed by atoms with Crippen LogP contribution in [0.2, 0.25) is 0 Å². The van der Waals surface area contributed by atoms with E-state index in [9.17, 15) is 0 Å². The number of aliphatic hydroxyl groups is 1. The molecule has 1 rings (SSSR count). The third-order valence-electron chi connectivity index (χ3n) is 2.88. The molecule has 1 nitrogen and oxygen atoms in total. The summed E-state index contributed by atoms with van der Waals surface area (Å²) in [6.07, 6.45) is 12.2. The van der Waals surface area contributed by atoms with Gasteiger partial charge in [0.05, 0.1) is 0 Å². The number of allylic oxidation sites excluding steroid dienone is 3. The molecule has 2 unspecified atom stereocenters. The molecule has 2 atom stereocenters. The number of aliphatic hydroxyl groups excluding tert-OH is 1. The second kappa shape index (κ2) is 9.98. The molecule has 1 aliphatic carbocycles. The summed E-state index contributed by atoms with van der Waals surface area (Å²) in [6.45, 7) is 6.26. The Kier molecular flexibility index (Phi) is 9.85. The van der Waals surface area contributed by atoms with Crippen molar-refractivity contribution in [2.75, 3.05) is 0 Å². The summed E-state index contributed by atoms with van der Waals surface area (Å²) in [5, 5.41) is 8.92. The van der Waals surface area contributed by atoms with Crippen molar-refractivity contribution >= 4 is 12.6 Å². The fraction of sp³-hybridized carbons (Fsp3) is 0.714. The molecule has 0 fully saturated rings. The third-order valence-corrected chi connectivity index (χ3v) is 3.05. The molecule has 94 valence electrons. The molecule has 0 aromatic rings. The van der Waals surface area contributed by atoms with Crippen molar-refractivity contribution < 1.29 is 5.11 Å². The fourth-order valence-corrected chi connectivity index (χ4v) is 1.96. The van der Waals surface area contributed by atoms with Gasteiger partial charge in [0.25, 0.3) is 0 Å². The minimum atomic E-state index is -0.609. The van der Waals surface area contributed by atoms with Crippen LogP contribution in [0.1, 0.15) is 52.9 Å². The molecule has 0 radical (unpaired) electrons. The Morgan fingerprint density at radius 2 is 2.25 bits per heavy atom. The molecule has 0 saturated heterocycles. The van der Waals surface area contributed by atoms with Crippen LogP contribution in [-0.4, -0.2) is 10.5 Å². The van der Waals surface area contributed by atoms with Gasteiger partial charge in [-0.2, -0.15) is 0 Å². The Labute approximate surface area is 106 Å². The van der Waals surface area contributed by atoms with Gasteiger partial charge in [-0.15, -0.1) is 12.6 Å². The van der Waals surface area contributed by atoms with E-state index in [-0.39, 0.29) is 0 Å². The van der Waals surface area contributed by atoms with E-state index >= 15 is 0 Å². The first-order valence-corrected chi connectivity index (χ1v) is 6.94. The van der Waals surface area contributed by atoms with Crippen LogP contribution in [-0.2, 0) is 0 Å². The molecule has 1 N–H and O–H groups in total. The maximum absolute atomic E-state index is 8.92. The van der Waals surface area contributed by atoms with E-state index in [4.69, 9.17) is 5.11 Å². The molecular weight excluding hydrogens is 216 g/mol. The average molecular weight is 242 g/mol. The quantitative estimate of drug-likeness (QED) is 0.427. The van der Waals surface area contributed by atoms with Crippen molar-refractivity contribution in [3.05, 3.63) is 23.8 Å². The van der Waals surface area contributed by atoms with E-state index in [1.165, 1.54) is 31.3 Å². The number of rotatable bonds is 4. The zero-order valence-corrected chi connectivity index (χ0v) is 11.7. The summed E-state index contributed by atoms with van der Waals surface area (Å²) in [7, 11) is 0. The minimum Gasteiger partial charge on any atom is -0.379 e. The SMILES string of the molecule is CC.CCC1CC=C(C/C=C/C(O)S)CC1. The Balaban J connectivity index is 0.00000106. The minimum absolute atomic E-state index is 0.609. The lowest BCUT2D eigenvalue weighted by atomic mass is 9.87. The summed E-state index contributed by atoms with van der Waals surface area (Å²) < 4.78 is 0. The van der Waals surface area contributed by atoms with Crippen LogP contribution in [0.25, 0.3) is 0 Å². The molecule has 0 aromatic carbocycles. The monoisotopic (exact) mass is 242 g/mol. The molecule has 1 aliphatic rings. The van der Waals surface area contributed by atoms with Gasteiger partial charge in [0.15, 0.2) is 0 Å². The molecule has 0 bridgehead atoms. The van der Waals surface area contributed by atoms with Gasteiger partial charge < -0.3 is 5.11 Å². The molecule has 0 amide bonds. The van der Waals surface area contributed by atoms with Crippen molar-refractivity contribution in [2.24, 2.45) is 5.92 Å². The second-order valence-electron chi connectivity index (χ2n) is 3.96. The Morgan fingerprint density at radius 1 is 1.56 bits per heavy atom. The summed E-state index contributed by atoms with van der Waals surface area (Å²) in [4.78, 5) is 0. The summed E-state index contributed by atoms with van der Waals surface area (Å²) in [5.74, 6) is 0.901.